The van der Waals surface area contributed by atoms with Crippen LogP contribution < -0.4 is 16.6 Å². The van der Waals surface area contributed by atoms with Gasteiger partial charge in [-0.1, -0.05) is 11.6 Å². The Morgan fingerprint density at radius 3 is 2.78 bits per heavy atom. The third kappa shape index (κ3) is 3.43. The van der Waals surface area contributed by atoms with E-state index in [0.29, 0.717) is 10.7 Å². The number of hydrogen-bond acceptors (Lipinski definition) is 5. The number of carbonyl (C=O) groups is 1. The third-order valence-corrected chi connectivity index (χ3v) is 3.21. The average molecular weight is 283 g/mol. The number of rotatable bonds is 4. The van der Waals surface area contributed by atoms with Crippen molar-refractivity contribution in [1.29, 1.82) is 0 Å². The van der Waals surface area contributed by atoms with E-state index >= 15 is 0 Å². The molecule has 2 aromatic rings. The van der Waals surface area contributed by atoms with E-state index in [1.807, 2.05) is 17.5 Å². The Labute approximate surface area is 113 Å². The number of nitrogens with one attached hydrogen (secondary N) is 2. The summed E-state index contributed by atoms with van der Waals surface area (Å²) in [5, 5.41) is 6.34. The van der Waals surface area contributed by atoms with Crippen molar-refractivity contribution in [3.63, 3.8) is 0 Å². The fourth-order valence-electron chi connectivity index (χ4n) is 1.32. The molecule has 0 spiro atoms. The molecule has 0 unspecified atom stereocenters. The number of hydrogen-bond donors (Lipinski definition) is 3. The molecule has 0 aliphatic carbocycles. The van der Waals surface area contributed by atoms with Gasteiger partial charge in [-0.2, -0.15) is 0 Å². The van der Waals surface area contributed by atoms with Crippen molar-refractivity contribution in [3.8, 4) is 0 Å². The number of thiazole rings is 1. The molecule has 0 atom stereocenters. The van der Waals surface area contributed by atoms with Gasteiger partial charge in [0.25, 0.3) is 0 Å². The normalized spacial score (nSPS) is 10.1. The summed E-state index contributed by atoms with van der Waals surface area (Å²) >= 11 is 7.22. The summed E-state index contributed by atoms with van der Waals surface area (Å²) < 4.78 is 0. The molecule has 4 N–H and O–H groups in total. The Balaban J connectivity index is 2.02. The molecule has 0 aliphatic heterocycles. The number of nitrogens with zero attached hydrogens (tertiary/aromatic N) is 1. The van der Waals surface area contributed by atoms with Crippen LogP contribution in [0.25, 0.3) is 0 Å². The minimum atomic E-state index is -0.265. The number of nitrogens with two attached hydrogens (primary N) is 1. The zero-order valence-corrected chi connectivity index (χ0v) is 10.9. The first-order valence-corrected chi connectivity index (χ1v) is 6.39. The second kappa shape index (κ2) is 5.81. The molecule has 5 nitrogen and oxygen atoms in total. The molecule has 0 saturated carbocycles. The fraction of sp³-hybridized carbons (Fsp3) is 0.0909. The molecular weight excluding hydrogens is 272 g/mol. The number of aromatic nitrogens is 1. The van der Waals surface area contributed by atoms with E-state index in [-0.39, 0.29) is 12.3 Å². The predicted molar refractivity (Wildman–Crippen MR) is 72.9 cm³/mol. The number of anilines is 2. The van der Waals surface area contributed by atoms with Gasteiger partial charge in [0.1, 0.15) is 0 Å². The van der Waals surface area contributed by atoms with Crippen LogP contribution in [0.15, 0.2) is 29.6 Å². The summed E-state index contributed by atoms with van der Waals surface area (Å²) in [6, 6.07) is 7.30. The van der Waals surface area contributed by atoms with Crippen molar-refractivity contribution >= 4 is 39.7 Å². The first kappa shape index (κ1) is 12.8. The molecule has 1 aromatic heterocycles. The fourth-order valence-corrected chi connectivity index (χ4v) is 2.17. The van der Waals surface area contributed by atoms with Crippen molar-refractivity contribution in [2.45, 2.75) is 6.42 Å². The number of benzene rings is 1. The molecule has 0 radical (unpaired) electrons. The number of hydrazine groups is 1. The standard InChI is InChI=1S/C11H11ClN4OS/c12-7-1-3-8(4-2-7)14-11-15-9(6-18-11)5-10(17)16-13/h1-4,6H,5,13H2,(H,14,15)(H,16,17). The molecule has 1 amide bonds. The van der Waals surface area contributed by atoms with Gasteiger partial charge in [0.2, 0.25) is 5.91 Å². The second-order valence-corrected chi connectivity index (χ2v) is 4.81. The van der Waals surface area contributed by atoms with Crippen LogP contribution >= 0.6 is 22.9 Å². The summed E-state index contributed by atoms with van der Waals surface area (Å²) in [7, 11) is 0. The Hall–Kier alpha value is -1.63. The van der Waals surface area contributed by atoms with Gasteiger partial charge in [0, 0.05) is 16.1 Å². The van der Waals surface area contributed by atoms with Gasteiger partial charge in [0.15, 0.2) is 5.13 Å². The van der Waals surface area contributed by atoms with Crippen LogP contribution in [0.1, 0.15) is 5.69 Å². The summed E-state index contributed by atoms with van der Waals surface area (Å²) in [5.41, 5.74) is 3.64. The minimum Gasteiger partial charge on any atom is -0.332 e. The molecule has 2 rings (SSSR count). The maximum Gasteiger partial charge on any atom is 0.239 e. The Morgan fingerprint density at radius 1 is 1.39 bits per heavy atom. The van der Waals surface area contributed by atoms with Crippen LogP contribution in [0.4, 0.5) is 10.8 Å². The second-order valence-electron chi connectivity index (χ2n) is 3.52. The van der Waals surface area contributed by atoms with E-state index in [1.54, 1.807) is 12.1 Å². The number of amides is 1. The third-order valence-electron chi connectivity index (χ3n) is 2.15. The zero-order chi connectivity index (χ0) is 13.0. The maximum absolute atomic E-state index is 11.1. The SMILES string of the molecule is NNC(=O)Cc1csc(Nc2ccc(Cl)cc2)n1. The van der Waals surface area contributed by atoms with Crippen LogP contribution in [0.3, 0.4) is 0 Å². The summed E-state index contributed by atoms with van der Waals surface area (Å²) in [5.74, 6) is 4.75. The minimum absolute atomic E-state index is 0.176. The largest absolute Gasteiger partial charge is 0.332 e. The van der Waals surface area contributed by atoms with Crippen molar-refractivity contribution < 1.29 is 4.79 Å². The molecular formula is C11H11ClN4OS. The van der Waals surface area contributed by atoms with Gasteiger partial charge < -0.3 is 5.32 Å². The Morgan fingerprint density at radius 2 is 2.11 bits per heavy atom. The molecule has 0 bridgehead atoms. The Bertz CT molecular complexity index is 540. The van der Waals surface area contributed by atoms with Crippen LogP contribution in [0.5, 0.6) is 0 Å². The Kier molecular flexibility index (Phi) is 4.14. The van der Waals surface area contributed by atoms with Crippen LogP contribution in [-0.4, -0.2) is 10.9 Å². The van der Waals surface area contributed by atoms with E-state index in [4.69, 9.17) is 17.4 Å². The monoisotopic (exact) mass is 282 g/mol. The lowest BCUT2D eigenvalue weighted by atomic mass is 10.3. The van der Waals surface area contributed by atoms with Gasteiger partial charge >= 0.3 is 0 Å². The highest BCUT2D eigenvalue weighted by Crippen LogP contribution is 2.22. The average Bonchev–Trinajstić information content (AvgIpc) is 2.79. The summed E-state index contributed by atoms with van der Waals surface area (Å²) in [6.07, 6.45) is 0.176. The van der Waals surface area contributed by atoms with Gasteiger partial charge in [0.05, 0.1) is 12.1 Å². The molecule has 94 valence electrons. The number of carbonyl (C=O) groups excluding carboxylic acids is 1. The van der Waals surface area contributed by atoms with Crippen LogP contribution in [0, 0.1) is 0 Å². The van der Waals surface area contributed by atoms with E-state index in [0.717, 1.165) is 10.8 Å². The molecule has 1 aromatic carbocycles. The van der Waals surface area contributed by atoms with Crippen molar-refractivity contribution in [1.82, 2.24) is 10.4 Å². The summed E-state index contributed by atoms with van der Waals surface area (Å²) in [6.45, 7) is 0. The van der Waals surface area contributed by atoms with Crippen molar-refractivity contribution in [3.05, 3.63) is 40.4 Å². The lowest BCUT2D eigenvalue weighted by molar-refractivity contribution is -0.120. The van der Waals surface area contributed by atoms with Crippen molar-refractivity contribution in [2.75, 3.05) is 5.32 Å². The van der Waals surface area contributed by atoms with Crippen LogP contribution in [0.2, 0.25) is 5.02 Å². The zero-order valence-electron chi connectivity index (χ0n) is 9.31. The highest BCUT2D eigenvalue weighted by Gasteiger charge is 2.06. The summed E-state index contributed by atoms with van der Waals surface area (Å²) in [4.78, 5) is 15.4. The predicted octanol–water partition coefficient (Wildman–Crippen LogP) is 2.07. The van der Waals surface area contributed by atoms with E-state index in [9.17, 15) is 4.79 Å². The van der Waals surface area contributed by atoms with Crippen LogP contribution in [-0.2, 0) is 11.2 Å². The van der Waals surface area contributed by atoms with Gasteiger partial charge in [-0.25, -0.2) is 10.8 Å². The highest BCUT2D eigenvalue weighted by atomic mass is 35.5. The maximum atomic E-state index is 11.1. The van der Waals surface area contributed by atoms with Gasteiger partial charge in [-0.3, -0.25) is 10.2 Å². The van der Waals surface area contributed by atoms with E-state index < -0.39 is 0 Å². The molecule has 18 heavy (non-hydrogen) atoms. The van der Waals surface area contributed by atoms with Gasteiger partial charge in [-0.05, 0) is 24.3 Å². The first-order chi connectivity index (χ1) is 8.67. The first-order valence-electron chi connectivity index (χ1n) is 5.14. The quantitative estimate of drug-likeness (QED) is 0.456. The van der Waals surface area contributed by atoms with Crippen molar-refractivity contribution in [2.24, 2.45) is 5.84 Å². The lowest BCUT2D eigenvalue weighted by Gasteiger charge is -2.01. The molecule has 7 heteroatoms. The molecule has 1 heterocycles. The molecule has 0 saturated heterocycles. The topological polar surface area (TPSA) is 80.0 Å². The molecule has 0 aliphatic rings. The van der Waals surface area contributed by atoms with Gasteiger partial charge in [-0.15, -0.1) is 11.3 Å². The highest BCUT2D eigenvalue weighted by molar-refractivity contribution is 7.13. The van der Waals surface area contributed by atoms with E-state index in [2.05, 4.69) is 15.7 Å². The molecule has 0 fully saturated rings. The smallest absolute Gasteiger partial charge is 0.239 e. The number of halogens is 1. The lowest BCUT2D eigenvalue weighted by Crippen LogP contribution is -2.31. The van der Waals surface area contributed by atoms with E-state index in [1.165, 1.54) is 11.3 Å².